The van der Waals surface area contributed by atoms with Crippen molar-refractivity contribution in [2.75, 3.05) is 6.54 Å². The SMILES string of the molecule is CCC(C)(C(C)=O)/C(C)=C/CN(O)C(=O)OC(C)(C)C. The zero-order valence-electron chi connectivity index (χ0n) is 13.6. The lowest BCUT2D eigenvalue weighted by molar-refractivity contribution is -0.124. The van der Waals surface area contributed by atoms with Gasteiger partial charge in [-0.2, -0.15) is 5.06 Å². The molecular weight excluding hydrogens is 258 g/mol. The smallest absolute Gasteiger partial charge is 0.434 e. The highest BCUT2D eigenvalue weighted by atomic mass is 16.6. The number of rotatable bonds is 5. The molecule has 20 heavy (non-hydrogen) atoms. The first-order valence-corrected chi connectivity index (χ1v) is 6.81. The van der Waals surface area contributed by atoms with E-state index in [1.54, 1.807) is 33.8 Å². The number of carbonyl (C=O) groups is 2. The Morgan fingerprint density at radius 2 is 1.70 bits per heavy atom. The standard InChI is InChI=1S/C15H27NO4/c1-8-15(7,12(3)17)11(2)9-10-16(19)13(18)20-14(4,5)6/h9,19H,8,10H2,1-7H3/b11-9+. The fourth-order valence-corrected chi connectivity index (χ4v) is 1.64. The largest absolute Gasteiger partial charge is 0.442 e. The molecule has 5 heteroatoms. The third-order valence-electron chi connectivity index (χ3n) is 3.53. The number of hydrogen-bond acceptors (Lipinski definition) is 4. The number of carbonyl (C=O) groups excluding carboxylic acids is 2. The Hall–Kier alpha value is -1.36. The molecule has 0 saturated heterocycles. The zero-order valence-corrected chi connectivity index (χ0v) is 13.6. The van der Waals surface area contributed by atoms with Crippen LogP contribution in [-0.2, 0) is 9.53 Å². The Balaban J connectivity index is 4.78. The van der Waals surface area contributed by atoms with Crippen LogP contribution in [0.5, 0.6) is 0 Å². The van der Waals surface area contributed by atoms with Gasteiger partial charge in [0.1, 0.15) is 11.4 Å². The molecule has 0 bridgehead atoms. The lowest BCUT2D eigenvalue weighted by atomic mass is 9.77. The van der Waals surface area contributed by atoms with Crippen molar-refractivity contribution >= 4 is 11.9 Å². The molecule has 0 rings (SSSR count). The summed E-state index contributed by atoms with van der Waals surface area (Å²) in [6.07, 6.45) is 1.54. The molecular formula is C15H27NO4. The minimum atomic E-state index is -0.803. The number of hydroxylamine groups is 2. The second-order valence-electron chi connectivity index (χ2n) is 6.19. The molecule has 0 heterocycles. The average Bonchev–Trinajstić information content (AvgIpc) is 2.31. The van der Waals surface area contributed by atoms with Crippen LogP contribution in [0, 0.1) is 5.41 Å². The lowest BCUT2D eigenvalue weighted by Crippen LogP contribution is -2.35. The normalized spacial score (nSPS) is 15.5. The summed E-state index contributed by atoms with van der Waals surface area (Å²) >= 11 is 0. The van der Waals surface area contributed by atoms with Gasteiger partial charge in [0.05, 0.1) is 6.54 Å². The summed E-state index contributed by atoms with van der Waals surface area (Å²) in [5, 5.41) is 10.1. The third kappa shape index (κ3) is 5.33. The van der Waals surface area contributed by atoms with Gasteiger partial charge >= 0.3 is 6.09 Å². The van der Waals surface area contributed by atoms with Gasteiger partial charge in [0.25, 0.3) is 0 Å². The Labute approximate surface area is 121 Å². The van der Waals surface area contributed by atoms with Crippen LogP contribution in [0.2, 0.25) is 0 Å². The Kier molecular flexibility index (Phi) is 6.41. The fourth-order valence-electron chi connectivity index (χ4n) is 1.64. The molecule has 0 aromatic rings. The van der Waals surface area contributed by atoms with Gasteiger partial charge in [-0.25, -0.2) is 4.79 Å². The third-order valence-corrected chi connectivity index (χ3v) is 3.53. The molecule has 0 saturated carbocycles. The first kappa shape index (κ1) is 18.6. The van der Waals surface area contributed by atoms with E-state index in [0.717, 1.165) is 5.57 Å². The summed E-state index contributed by atoms with van der Waals surface area (Å²) in [4.78, 5) is 23.3. The van der Waals surface area contributed by atoms with E-state index in [2.05, 4.69) is 0 Å². The minimum Gasteiger partial charge on any atom is -0.442 e. The molecule has 1 atom stereocenters. The number of ketones is 1. The maximum absolute atomic E-state index is 11.7. The maximum Gasteiger partial charge on any atom is 0.434 e. The summed E-state index contributed by atoms with van der Waals surface area (Å²) in [6.45, 7) is 12.3. The summed E-state index contributed by atoms with van der Waals surface area (Å²) in [6, 6.07) is 0. The highest BCUT2D eigenvalue weighted by Crippen LogP contribution is 2.31. The van der Waals surface area contributed by atoms with Gasteiger partial charge in [-0.15, -0.1) is 0 Å². The Bertz CT molecular complexity index is 395. The Morgan fingerprint density at radius 3 is 2.05 bits per heavy atom. The van der Waals surface area contributed by atoms with Gasteiger partial charge in [-0.05, 0) is 48.0 Å². The maximum atomic E-state index is 11.7. The van der Waals surface area contributed by atoms with Gasteiger partial charge in [-0.1, -0.05) is 18.6 Å². The van der Waals surface area contributed by atoms with Crippen LogP contribution in [0.1, 0.15) is 54.9 Å². The first-order chi connectivity index (χ1) is 8.94. The van der Waals surface area contributed by atoms with E-state index in [0.29, 0.717) is 11.5 Å². The summed E-state index contributed by atoms with van der Waals surface area (Å²) in [5.41, 5.74) is -0.391. The van der Waals surface area contributed by atoms with Crippen LogP contribution in [0.15, 0.2) is 11.6 Å². The van der Waals surface area contributed by atoms with Crippen LogP contribution < -0.4 is 0 Å². The van der Waals surface area contributed by atoms with Crippen molar-refractivity contribution in [3.8, 4) is 0 Å². The predicted octanol–water partition coefficient (Wildman–Crippen LogP) is 3.56. The van der Waals surface area contributed by atoms with Crippen molar-refractivity contribution in [3.63, 3.8) is 0 Å². The molecule has 1 N–H and O–H groups in total. The van der Waals surface area contributed by atoms with E-state index in [1.807, 2.05) is 20.8 Å². The molecule has 0 fully saturated rings. The quantitative estimate of drug-likeness (QED) is 0.476. The predicted molar refractivity (Wildman–Crippen MR) is 77.6 cm³/mol. The van der Waals surface area contributed by atoms with Crippen molar-refractivity contribution in [2.24, 2.45) is 5.41 Å². The van der Waals surface area contributed by atoms with Crippen LogP contribution in [0.3, 0.4) is 0 Å². The molecule has 0 spiro atoms. The van der Waals surface area contributed by atoms with Gasteiger partial charge in [0.15, 0.2) is 0 Å². The van der Waals surface area contributed by atoms with E-state index in [1.165, 1.54) is 0 Å². The van der Waals surface area contributed by atoms with E-state index >= 15 is 0 Å². The van der Waals surface area contributed by atoms with Crippen molar-refractivity contribution in [1.29, 1.82) is 0 Å². The summed E-state index contributed by atoms with van der Waals surface area (Å²) < 4.78 is 5.03. The van der Waals surface area contributed by atoms with Gasteiger partial charge in [0.2, 0.25) is 0 Å². The van der Waals surface area contributed by atoms with Gasteiger partial charge in [-0.3, -0.25) is 10.0 Å². The summed E-state index contributed by atoms with van der Waals surface area (Å²) in [5.74, 6) is 0.0653. The van der Waals surface area contributed by atoms with Crippen molar-refractivity contribution in [2.45, 2.75) is 60.5 Å². The highest BCUT2D eigenvalue weighted by molar-refractivity contribution is 5.85. The summed E-state index contributed by atoms with van der Waals surface area (Å²) in [7, 11) is 0. The van der Waals surface area contributed by atoms with Gasteiger partial charge in [0, 0.05) is 5.41 Å². The molecule has 0 aliphatic rings. The number of hydrogen-bond donors (Lipinski definition) is 1. The van der Waals surface area contributed by atoms with E-state index < -0.39 is 17.1 Å². The van der Waals surface area contributed by atoms with E-state index in [-0.39, 0.29) is 12.3 Å². The number of Topliss-reactive ketones (excluding diaryl/α,β-unsaturated/α-hetero) is 1. The van der Waals surface area contributed by atoms with Crippen molar-refractivity contribution < 1.29 is 19.5 Å². The topological polar surface area (TPSA) is 66.8 Å². The molecule has 0 aromatic heterocycles. The Morgan fingerprint density at radius 1 is 1.20 bits per heavy atom. The van der Waals surface area contributed by atoms with Crippen molar-refractivity contribution in [3.05, 3.63) is 11.6 Å². The highest BCUT2D eigenvalue weighted by Gasteiger charge is 2.29. The van der Waals surface area contributed by atoms with Crippen LogP contribution in [0.25, 0.3) is 0 Å². The minimum absolute atomic E-state index is 0.0103. The molecule has 5 nitrogen and oxygen atoms in total. The van der Waals surface area contributed by atoms with Crippen LogP contribution in [0.4, 0.5) is 4.79 Å². The zero-order chi connectivity index (χ0) is 16.1. The molecule has 116 valence electrons. The molecule has 0 aliphatic heterocycles. The van der Waals surface area contributed by atoms with Gasteiger partial charge < -0.3 is 4.74 Å². The lowest BCUT2D eigenvalue weighted by Gasteiger charge is -2.27. The van der Waals surface area contributed by atoms with Crippen LogP contribution >= 0.6 is 0 Å². The molecule has 0 radical (unpaired) electrons. The molecule has 0 aromatic carbocycles. The number of nitrogens with zero attached hydrogens (tertiary/aromatic N) is 1. The number of amides is 1. The second-order valence-corrected chi connectivity index (χ2v) is 6.19. The average molecular weight is 285 g/mol. The molecule has 1 unspecified atom stereocenters. The number of ether oxygens (including phenoxy) is 1. The first-order valence-electron chi connectivity index (χ1n) is 6.81. The molecule has 1 amide bonds. The second kappa shape index (κ2) is 6.88. The van der Waals surface area contributed by atoms with Crippen molar-refractivity contribution in [1.82, 2.24) is 5.06 Å². The fraction of sp³-hybridized carbons (Fsp3) is 0.733. The van der Waals surface area contributed by atoms with Crippen LogP contribution in [-0.4, -0.2) is 34.3 Å². The monoisotopic (exact) mass is 285 g/mol. The molecule has 0 aliphatic carbocycles. The van der Waals surface area contributed by atoms with E-state index in [4.69, 9.17) is 4.74 Å². The number of allylic oxidation sites excluding steroid dienone is 1. The van der Waals surface area contributed by atoms with E-state index in [9.17, 15) is 14.8 Å².